The topological polar surface area (TPSA) is 94.0 Å². The monoisotopic (exact) mass is 472 g/mol. The molecule has 3 aromatic heterocycles. The highest BCUT2D eigenvalue weighted by Crippen LogP contribution is 2.30. The molecule has 0 aliphatic heterocycles. The number of pyridine rings is 2. The summed E-state index contributed by atoms with van der Waals surface area (Å²) < 4.78 is 60.2. The molecule has 0 unspecified atom stereocenters. The van der Waals surface area contributed by atoms with E-state index >= 15 is 0 Å². The number of alkyl halides is 3. The lowest BCUT2D eigenvalue weighted by molar-refractivity contribution is -0.137. The summed E-state index contributed by atoms with van der Waals surface area (Å²) in [4.78, 5) is 20.0. The highest BCUT2D eigenvalue weighted by atomic mass is 19.4. The van der Waals surface area contributed by atoms with Crippen molar-refractivity contribution >= 4 is 17.5 Å². The Bertz CT molecular complexity index is 1340. The fraction of sp³-hybridized carbons (Fsp3) is 0.0909. The molecular weight excluding hydrogens is 456 g/mol. The quantitative estimate of drug-likeness (QED) is 0.376. The number of aryl methyl sites for hydroxylation is 1. The Kier molecular flexibility index (Phi) is 6.13. The van der Waals surface area contributed by atoms with Gasteiger partial charge in [-0.1, -0.05) is 0 Å². The molecule has 4 rings (SSSR count). The number of urea groups is 1. The highest BCUT2D eigenvalue weighted by molar-refractivity contribution is 5.99. The molecule has 8 nitrogen and oxygen atoms in total. The predicted octanol–water partition coefficient (Wildman–Crippen LogP) is 5.47. The Balaban J connectivity index is 1.42. The minimum Gasteiger partial charge on any atom is -0.457 e. The summed E-state index contributed by atoms with van der Waals surface area (Å²) in [6.45, 7) is 0. The Labute approximate surface area is 190 Å². The normalized spacial score (nSPS) is 11.2. The van der Waals surface area contributed by atoms with E-state index in [9.17, 15) is 22.4 Å². The average molecular weight is 472 g/mol. The molecule has 12 heteroatoms. The first-order chi connectivity index (χ1) is 16.2. The molecule has 34 heavy (non-hydrogen) atoms. The largest absolute Gasteiger partial charge is 0.457 e. The van der Waals surface area contributed by atoms with Gasteiger partial charge >= 0.3 is 12.2 Å². The van der Waals surface area contributed by atoms with Gasteiger partial charge < -0.3 is 10.1 Å². The van der Waals surface area contributed by atoms with Crippen LogP contribution in [0, 0.1) is 5.82 Å². The van der Waals surface area contributed by atoms with Crippen LogP contribution in [-0.4, -0.2) is 25.8 Å². The number of carbonyl (C=O) groups excluding carboxylic acids is 1. The Morgan fingerprint density at radius 1 is 1.00 bits per heavy atom. The van der Waals surface area contributed by atoms with Gasteiger partial charge in [0.15, 0.2) is 0 Å². The number of carbonyl (C=O) groups is 1. The van der Waals surface area contributed by atoms with E-state index in [4.69, 9.17) is 4.74 Å². The van der Waals surface area contributed by atoms with E-state index in [1.807, 2.05) is 0 Å². The minimum atomic E-state index is -4.59. The van der Waals surface area contributed by atoms with Crippen LogP contribution in [0.5, 0.6) is 11.5 Å². The summed E-state index contributed by atoms with van der Waals surface area (Å²) in [6.07, 6.45) is 1.28. The average Bonchev–Trinajstić information content (AvgIpc) is 3.22. The second-order valence-corrected chi connectivity index (χ2v) is 7.03. The van der Waals surface area contributed by atoms with Crippen LogP contribution < -0.4 is 15.4 Å². The highest BCUT2D eigenvalue weighted by Gasteiger charge is 2.30. The third kappa shape index (κ3) is 5.46. The van der Waals surface area contributed by atoms with Gasteiger partial charge in [0.25, 0.3) is 0 Å². The molecule has 0 saturated carbocycles. The van der Waals surface area contributed by atoms with E-state index in [-0.39, 0.29) is 17.3 Å². The smallest absolute Gasteiger partial charge is 0.416 e. The van der Waals surface area contributed by atoms with Gasteiger partial charge in [-0.3, -0.25) is 15.0 Å². The zero-order chi connectivity index (χ0) is 24.3. The van der Waals surface area contributed by atoms with Crippen LogP contribution in [0.1, 0.15) is 5.56 Å². The van der Waals surface area contributed by atoms with Crippen LogP contribution in [-0.2, 0) is 13.2 Å². The molecule has 4 aromatic rings. The third-order valence-corrected chi connectivity index (χ3v) is 4.49. The maximum atomic E-state index is 14.5. The number of halogens is 4. The number of benzene rings is 1. The zero-order valence-electron chi connectivity index (χ0n) is 17.5. The van der Waals surface area contributed by atoms with Crippen molar-refractivity contribution in [3.63, 3.8) is 0 Å². The lowest BCUT2D eigenvalue weighted by Gasteiger charge is -2.11. The standard InChI is InChI=1S/C22H16F4N6O2/c1-32-12-13(11-29-32)19-10-16(5-7-27-19)34-15-2-3-18(17(23)9-15)30-21(33)31-20-8-14(4-6-28-20)22(24,25)26/h2-12H,1H3,(H2,28,30,31,33). The molecule has 0 atom stereocenters. The van der Waals surface area contributed by atoms with Crippen LogP contribution >= 0.6 is 0 Å². The summed E-state index contributed by atoms with van der Waals surface area (Å²) in [7, 11) is 1.78. The molecule has 2 N–H and O–H groups in total. The van der Waals surface area contributed by atoms with Gasteiger partial charge in [-0.15, -0.1) is 0 Å². The van der Waals surface area contributed by atoms with Crippen molar-refractivity contribution in [1.29, 1.82) is 0 Å². The van der Waals surface area contributed by atoms with Gasteiger partial charge in [0, 0.05) is 43.3 Å². The van der Waals surface area contributed by atoms with Crippen molar-refractivity contribution < 1.29 is 27.1 Å². The summed E-state index contributed by atoms with van der Waals surface area (Å²) in [5.74, 6) is -0.588. The van der Waals surface area contributed by atoms with Crippen LogP contribution in [0.15, 0.2) is 67.3 Å². The first-order valence-corrected chi connectivity index (χ1v) is 9.71. The van der Waals surface area contributed by atoms with E-state index in [1.165, 1.54) is 18.3 Å². The maximum Gasteiger partial charge on any atom is 0.416 e. The molecular formula is C22H16F4N6O2. The molecule has 0 aliphatic carbocycles. The molecule has 0 bridgehead atoms. The second-order valence-electron chi connectivity index (χ2n) is 7.03. The number of ether oxygens (including phenoxy) is 1. The van der Waals surface area contributed by atoms with Gasteiger partial charge in [-0.05, 0) is 30.3 Å². The summed E-state index contributed by atoms with van der Waals surface area (Å²) in [5, 5.41) is 8.44. The van der Waals surface area contributed by atoms with E-state index in [2.05, 4.69) is 25.7 Å². The van der Waals surface area contributed by atoms with Crippen LogP contribution in [0.2, 0.25) is 0 Å². The molecule has 0 spiro atoms. The molecule has 0 radical (unpaired) electrons. The summed E-state index contributed by atoms with van der Waals surface area (Å²) in [6, 6.07) is 7.47. The fourth-order valence-corrected chi connectivity index (χ4v) is 2.93. The van der Waals surface area contributed by atoms with Crippen molar-refractivity contribution in [2.75, 3.05) is 10.6 Å². The lowest BCUT2D eigenvalue weighted by atomic mass is 10.2. The van der Waals surface area contributed by atoms with Gasteiger partial charge in [0.2, 0.25) is 0 Å². The summed E-state index contributed by atoms with van der Waals surface area (Å²) in [5.41, 5.74) is 0.208. The second kappa shape index (κ2) is 9.17. The third-order valence-electron chi connectivity index (χ3n) is 4.49. The van der Waals surface area contributed by atoms with Crippen molar-refractivity contribution in [2.24, 2.45) is 7.05 Å². The van der Waals surface area contributed by atoms with Gasteiger partial charge in [-0.2, -0.15) is 18.3 Å². The Morgan fingerprint density at radius 2 is 1.76 bits per heavy atom. The molecule has 2 amide bonds. The maximum absolute atomic E-state index is 14.5. The number of rotatable bonds is 5. The zero-order valence-corrected chi connectivity index (χ0v) is 17.5. The Hall–Kier alpha value is -4.48. The summed E-state index contributed by atoms with van der Waals surface area (Å²) >= 11 is 0. The van der Waals surface area contributed by atoms with Crippen molar-refractivity contribution in [1.82, 2.24) is 19.7 Å². The predicted molar refractivity (Wildman–Crippen MR) is 115 cm³/mol. The molecule has 0 aliphatic rings. The van der Waals surface area contributed by atoms with Crippen LogP contribution in [0.25, 0.3) is 11.3 Å². The van der Waals surface area contributed by atoms with Crippen LogP contribution in [0.4, 0.5) is 33.9 Å². The number of hydrogen-bond acceptors (Lipinski definition) is 5. The molecule has 174 valence electrons. The number of hydrogen-bond donors (Lipinski definition) is 2. The number of amides is 2. The van der Waals surface area contributed by atoms with E-state index < -0.39 is 23.6 Å². The number of nitrogens with zero attached hydrogens (tertiary/aromatic N) is 4. The lowest BCUT2D eigenvalue weighted by Crippen LogP contribution is -2.21. The fourth-order valence-electron chi connectivity index (χ4n) is 2.93. The SMILES string of the molecule is Cn1cc(-c2cc(Oc3ccc(NC(=O)Nc4cc(C(F)(F)F)ccn4)c(F)c3)ccn2)cn1. The van der Waals surface area contributed by atoms with E-state index in [0.717, 1.165) is 23.9 Å². The van der Waals surface area contributed by atoms with Gasteiger partial charge in [0.05, 0.1) is 23.1 Å². The number of anilines is 2. The van der Waals surface area contributed by atoms with E-state index in [1.54, 1.807) is 36.3 Å². The minimum absolute atomic E-state index is 0.159. The van der Waals surface area contributed by atoms with Crippen molar-refractivity contribution in [3.8, 4) is 22.8 Å². The van der Waals surface area contributed by atoms with Crippen molar-refractivity contribution in [3.05, 3.63) is 78.6 Å². The van der Waals surface area contributed by atoms with E-state index in [0.29, 0.717) is 17.5 Å². The van der Waals surface area contributed by atoms with Gasteiger partial charge in [0.1, 0.15) is 23.1 Å². The van der Waals surface area contributed by atoms with Gasteiger partial charge in [-0.25, -0.2) is 14.2 Å². The molecule has 1 aromatic carbocycles. The number of nitrogens with one attached hydrogen (secondary N) is 2. The first-order valence-electron chi connectivity index (χ1n) is 9.71. The molecule has 0 saturated heterocycles. The number of aromatic nitrogens is 4. The Morgan fingerprint density at radius 3 is 2.47 bits per heavy atom. The molecule has 0 fully saturated rings. The van der Waals surface area contributed by atoms with Crippen LogP contribution in [0.3, 0.4) is 0 Å². The van der Waals surface area contributed by atoms with Crippen molar-refractivity contribution in [2.45, 2.75) is 6.18 Å². The first kappa shape index (κ1) is 22.7. The molecule has 3 heterocycles.